The summed E-state index contributed by atoms with van der Waals surface area (Å²) in [6.07, 6.45) is 16.2. The van der Waals surface area contributed by atoms with Gasteiger partial charge >= 0.3 is 0 Å². The van der Waals surface area contributed by atoms with Crippen molar-refractivity contribution in [2.24, 2.45) is 0 Å². The maximum absolute atomic E-state index is 12.0. The molecule has 0 unspecified atom stereocenters. The molecule has 0 aliphatic heterocycles. The number of tetrazole rings is 1. The summed E-state index contributed by atoms with van der Waals surface area (Å²) in [5, 5.41) is 25.1. The molecule has 0 bridgehead atoms. The summed E-state index contributed by atoms with van der Waals surface area (Å²) in [5.74, 6) is -0.228. The zero-order valence-electron chi connectivity index (χ0n) is 22.8. The van der Waals surface area contributed by atoms with Gasteiger partial charge in [0.1, 0.15) is 0 Å². The van der Waals surface area contributed by atoms with Gasteiger partial charge in [-0.15, -0.1) is 10.2 Å². The van der Waals surface area contributed by atoms with Gasteiger partial charge in [0, 0.05) is 25.8 Å². The molecule has 0 aromatic carbocycles. The van der Waals surface area contributed by atoms with E-state index in [0.29, 0.717) is 13.0 Å². The van der Waals surface area contributed by atoms with Crippen molar-refractivity contribution in [3.05, 3.63) is 5.82 Å². The molecule has 13 heteroatoms. The zero-order chi connectivity index (χ0) is 27.7. The normalized spacial score (nSPS) is 11.5. The number of aliphatic hydroxyl groups excluding tert-OH is 1. The Morgan fingerprint density at radius 2 is 1.37 bits per heavy atom. The maximum Gasteiger partial charge on any atom is 0.234 e. The van der Waals surface area contributed by atoms with Crippen molar-refractivity contribution in [1.29, 1.82) is 0 Å². The van der Waals surface area contributed by atoms with Gasteiger partial charge in [-0.05, 0) is 19.3 Å². The second kappa shape index (κ2) is 22.8. The van der Waals surface area contributed by atoms with Gasteiger partial charge in [-0.1, -0.05) is 75.8 Å². The summed E-state index contributed by atoms with van der Waals surface area (Å²) < 4.78 is 31.2. The Kier molecular flexibility index (Phi) is 20.4. The number of unbranched alkanes of at least 4 members (excludes halogenated alkanes) is 12. The molecular formula is C25H48N6O6S. The fourth-order valence-electron chi connectivity index (χ4n) is 4.02. The highest BCUT2D eigenvalue weighted by Gasteiger charge is 2.15. The SMILES string of the molecule is O=C(CCCS(=O)(=O)NC(=O)CCCCCCCCCCCCCCCc1nn[nH]n1)NCCOCCO. The molecule has 0 saturated carbocycles. The largest absolute Gasteiger partial charge is 0.394 e. The van der Waals surface area contributed by atoms with E-state index >= 15 is 0 Å². The molecular weight excluding hydrogens is 512 g/mol. The number of H-pyrrole nitrogens is 1. The smallest absolute Gasteiger partial charge is 0.234 e. The molecule has 0 spiro atoms. The molecule has 38 heavy (non-hydrogen) atoms. The van der Waals surface area contributed by atoms with Crippen LogP contribution >= 0.6 is 0 Å². The lowest BCUT2D eigenvalue weighted by atomic mass is 10.0. The lowest BCUT2D eigenvalue weighted by molar-refractivity contribution is -0.121. The minimum Gasteiger partial charge on any atom is -0.394 e. The van der Waals surface area contributed by atoms with Crippen molar-refractivity contribution < 1.29 is 27.9 Å². The van der Waals surface area contributed by atoms with Gasteiger partial charge in [-0.2, -0.15) is 5.21 Å². The summed E-state index contributed by atoms with van der Waals surface area (Å²) in [6, 6.07) is 0. The number of hydrogen-bond acceptors (Lipinski definition) is 9. The first-order valence-corrected chi connectivity index (χ1v) is 15.8. The Bertz CT molecular complexity index is 822. The van der Waals surface area contributed by atoms with E-state index < -0.39 is 15.9 Å². The number of nitrogens with zero attached hydrogens (tertiary/aromatic N) is 3. The number of carbonyl (C=O) groups is 2. The molecule has 12 nitrogen and oxygen atoms in total. The van der Waals surface area contributed by atoms with Crippen molar-refractivity contribution in [3.8, 4) is 0 Å². The zero-order valence-corrected chi connectivity index (χ0v) is 23.6. The molecule has 2 amide bonds. The topological polar surface area (TPSA) is 176 Å². The van der Waals surface area contributed by atoms with Crippen molar-refractivity contribution in [3.63, 3.8) is 0 Å². The fraction of sp³-hybridized carbons (Fsp3) is 0.880. The van der Waals surface area contributed by atoms with E-state index in [-0.39, 0.29) is 50.7 Å². The molecule has 0 radical (unpaired) electrons. The molecule has 0 fully saturated rings. The predicted octanol–water partition coefficient (Wildman–Crippen LogP) is 2.55. The van der Waals surface area contributed by atoms with Gasteiger partial charge in [-0.25, -0.2) is 8.42 Å². The minimum atomic E-state index is -3.73. The number of rotatable bonds is 26. The molecule has 0 aliphatic rings. The van der Waals surface area contributed by atoms with Crippen LogP contribution in [-0.2, 0) is 30.8 Å². The van der Waals surface area contributed by atoms with Gasteiger partial charge in [0.05, 0.1) is 25.6 Å². The Morgan fingerprint density at radius 1 is 0.789 bits per heavy atom. The Balaban J connectivity index is 1.86. The Morgan fingerprint density at radius 3 is 1.95 bits per heavy atom. The van der Waals surface area contributed by atoms with Crippen LogP contribution in [0.15, 0.2) is 0 Å². The number of aromatic amines is 1. The van der Waals surface area contributed by atoms with Crippen LogP contribution in [-0.4, -0.2) is 78.1 Å². The second-order valence-electron chi connectivity index (χ2n) is 9.56. The van der Waals surface area contributed by atoms with Crippen LogP contribution in [0.25, 0.3) is 0 Å². The maximum atomic E-state index is 12.0. The van der Waals surface area contributed by atoms with Gasteiger partial charge in [0.15, 0.2) is 5.82 Å². The molecule has 0 aliphatic carbocycles. The van der Waals surface area contributed by atoms with Crippen LogP contribution in [0.2, 0.25) is 0 Å². The standard InChI is InChI=1S/C25H48N6O6S/c32-19-21-37-20-18-26-24(33)17-14-22-38(35,36)29-25(34)16-13-11-9-7-5-3-1-2-4-6-8-10-12-15-23-27-30-31-28-23/h32H,1-22H2,(H,26,33)(H,29,34)(H,27,28,30,31). The van der Waals surface area contributed by atoms with Gasteiger partial charge in [0.2, 0.25) is 21.8 Å². The van der Waals surface area contributed by atoms with Crippen molar-refractivity contribution in [2.75, 3.05) is 32.1 Å². The highest BCUT2D eigenvalue weighted by atomic mass is 32.2. The van der Waals surface area contributed by atoms with E-state index in [0.717, 1.165) is 37.9 Å². The molecule has 220 valence electrons. The van der Waals surface area contributed by atoms with Gasteiger partial charge in [0.25, 0.3) is 0 Å². The first-order chi connectivity index (χ1) is 18.4. The monoisotopic (exact) mass is 560 g/mol. The quantitative estimate of drug-likeness (QED) is 0.124. The molecule has 4 N–H and O–H groups in total. The highest BCUT2D eigenvalue weighted by molar-refractivity contribution is 7.90. The van der Waals surface area contributed by atoms with E-state index in [2.05, 4.69) is 30.7 Å². The van der Waals surface area contributed by atoms with E-state index in [4.69, 9.17) is 9.84 Å². The van der Waals surface area contributed by atoms with Gasteiger partial charge in [-0.3, -0.25) is 14.3 Å². The van der Waals surface area contributed by atoms with Crippen LogP contribution in [0.5, 0.6) is 0 Å². The number of ether oxygens (including phenoxy) is 1. The van der Waals surface area contributed by atoms with Crippen LogP contribution in [0.1, 0.15) is 109 Å². The number of carbonyl (C=O) groups excluding carboxylic acids is 2. The third kappa shape index (κ3) is 20.9. The second-order valence-corrected chi connectivity index (χ2v) is 11.4. The number of nitrogens with one attached hydrogen (secondary N) is 3. The number of sulfonamides is 1. The number of amides is 2. The van der Waals surface area contributed by atoms with E-state index in [1.807, 2.05) is 0 Å². The molecule has 0 saturated heterocycles. The summed E-state index contributed by atoms with van der Waals surface area (Å²) in [5.41, 5.74) is 0. The number of aryl methyl sites for hydroxylation is 1. The third-order valence-electron chi connectivity index (χ3n) is 6.08. The number of aromatic nitrogens is 4. The van der Waals surface area contributed by atoms with E-state index in [1.54, 1.807) is 0 Å². The van der Waals surface area contributed by atoms with Gasteiger partial charge < -0.3 is 15.2 Å². The average Bonchev–Trinajstić information content (AvgIpc) is 3.39. The lowest BCUT2D eigenvalue weighted by Crippen LogP contribution is -2.33. The summed E-state index contributed by atoms with van der Waals surface area (Å²) in [7, 11) is -3.73. The summed E-state index contributed by atoms with van der Waals surface area (Å²) in [4.78, 5) is 23.6. The summed E-state index contributed by atoms with van der Waals surface area (Å²) >= 11 is 0. The number of hydrogen-bond donors (Lipinski definition) is 4. The van der Waals surface area contributed by atoms with Crippen LogP contribution < -0.4 is 10.0 Å². The molecule has 0 atom stereocenters. The van der Waals surface area contributed by atoms with Crippen LogP contribution in [0.3, 0.4) is 0 Å². The molecule has 1 aromatic rings. The van der Waals surface area contributed by atoms with Crippen LogP contribution in [0.4, 0.5) is 0 Å². The summed E-state index contributed by atoms with van der Waals surface area (Å²) in [6.45, 7) is 0.716. The van der Waals surface area contributed by atoms with E-state index in [9.17, 15) is 18.0 Å². The van der Waals surface area contributed by atoms with Crippen molar-refractivity contribution in [1.82, 2.24) is 30.7 Å². The molecule has 1 heterocycles. The van der Waals surface area contributed by atoms with Crippen molar-refractivity contribution in [2.45, 2.75) is 109 Å². The predicted molar refractivity (Wildman–Crippen MR) is 145 cm³/mol. The molecule has 1 rings (SSSR count). The lowest BCUT2D eigenvalue weighted by Gasteiger charge is -2.08. The average molecular weight is 561 g/mol. The molecule has 1 aromatic heterocycles. The first kappa shape index (κ1) is 33.9. The fourth-order valence-corrected chi connectivity index (χ4v) is 5.09. The van der Waals surface area contributed by atoms with Crippen LogP contribution in [0, 0.1) is 0 Å². The number of aliphatic hydroxyl groups is 1. The Hall–Kier alpha value is -2.12. The minimum absolute atomic E-state index is 0.0542. The van der Waals surface area contributed by atoms with E-state index in [1.165, 1.54) is 51.4 Å². The highest BCUT2D eigenvalue weighted by Crippen LogP contribution is 2.13. The van der Waals surface area contributed by atoms with Crippen molar-refractivity contribution >= 4 is 21.8 Å². The Labute approximate surface area is 227 Å². The third-order valence-corrected chi connectivity index (χ3v) is 7.45. The first-order valence-electron chi connectivity index (χ1n) is 14.1.